The number of alkyl halides is 1. The van der Waals surface area contributed by atoms with Crippen LogP contribution in [0.15, 0.2) is 54.6 Å². The summed E-state index contributed by atoms with van der Waals surface area (Å²) in [6, 6.07) is 17.0. The lowest BCUT2D eigenvalue weighted by Gasteiger charge is -2.09. The summed E-state index contributed by atoms with van der Waals surface area (Å²) in [5.41, 5.74) is 2.51. The molecule has 2 aromatic rings. The van der Waals surface area contributed by atoms with E-state index in [0.717, 1.165) is 18.4 Å². The standard InChI is InChI=1S/C15H14BrNO2/c16-15(13-4-2-1-3-5-13)11-8-12-6-9-14(10-7-12)17(18)19/h1-7,9-10,15H,8,11H2/t15-/m0/s1. The highest BCUT2D eigenvalue weighted by atomic mass is 79.9. The number of aryl methyl sites for hydroxylation is 1. The molecule has 0 bridgehead atoms. The van der Waals surface area contributed by atoms with Crippen molar-refractivity contribution in [3.63, 3.8) is 0 Å². The molecule has 3 nitrogen and oxygen atoms in total. The maximum absolute atomic E-state index is 10.6. The minimum absolute atomic E-state index is 0.141. The number of hydrogen-bond donors (Lipinski definition) is 0. The highest BCUT2D eigenvalue weighted by Gasteiger charge is 2.08. The van der Waals surface area contributed by atoms with E-state index in [1.54, 1.807) is 12.1 Å². The first kappa shape index (κ1) is 13.7. The fourth-order valence-corrected chi connectivity index (χ4v) is 2.44. The van der Waals surface area contributed by atoms with Crippen molar-refractivity contribution in [1.29, 1.82) is 0 Å². The Labute approximate surface area is 120 Å². The highest BCUT2D eigenvalue weighted by Crippen LogP contribution is 2.27. The molecule has 0 saturated carbocycles. The zero-order valence-corrected chi connectivity index (χ0v) is 11.9. The van der Waals surface area contributed by atoms with Crippen molar-refractivity contribution < 1.29 is 4.92 Å². The van der Waals surface area contributed by atoms with E-state index >= 15 is 0 Å². The van der Waals surface area contributed by atoms with Gasteiger partial charge in [-0.25, -0.2) is 0 Å². The molecule has 19 heavy (non-hydrogen) atoms. The molecule has 0 radical (unpaired) electrons. The maximum Gasteiger partial charge on any atom is 0.269 e. The van der Waals surface area contributed by atoms with Crippen LogP contribution < -0.4 is 0 Å². The van der Waals surface area contributed by atoms with Crippen LogP contribution in [0.2, 0.25) is 0 Å². The normalized spacial score (nSPS) is 12.1. The van der Waals surface area contributed by atoms with Crippen LogP contribution in [0, 0.1) is 10.1 Å². The second kappa shape index (κ2) is 6.48. The van der Waals surface area contributed by atoms with E-state index in [1.165, 1.54) is 5.56 Å². The molecular weight excluding hydrogens is 306 g/mol. The number of nitro benzene ring substituents is 1. The number of non-ortho nitro benzene ring substituents is 1. The predicted molar refractivity (Wildman–Crippen MR) is 79.5 cm³/mol. The van der Waals surface area contributed by atoms with Gasteiger partial charge < -0.3 is 0 Å². The molecule has 0 aliphatic rings. The Morgan fingerprint density at radius 3 is 2.26 bits per heavy atom. The van der Waals surface area contributed by atoms with Gasteiger partial charge in [-0.1, -0.05) is 58.4 Å². The zero-order valence-electron chi connectivity index (χ0n) is 10.3. The molecule has 1 atom stereocenters. The van der Waals surface area contributed by atoms with Crippen molar-refractivity contribution in [2.75, 3.05) is 0 Å². The summed E-state index contributed by atoms with van der Waals surface area (Å²) < 4.78 is 0. The number of rotatable bonds is 5. The van der Waals surface area contributed by atoms with Crippen LogP contribution in [-0.2, 0) is 6.42 Å². The molecule has 0 amide bonds. The van der Waals surface area contributed by atoms with Gasteiger partial charge in [-0.05, 0) is 24.0 Å². The SMILES string of the molecule is O=[N+]([O-])c1ccc(CC[C@H](Br)c2ccccc2)cc1. The van der Waals surface area contributed by atoms with E-state index < -0.39 is 0 Å². The summed E-state index contributed by atoms with van der Waals surface area (Å²) in [5, 5.41) is 10.6. The summed E-state index contributed by atoms with van der Waals surface area (Å²) in [6.45, 7) is 0. The average molecular weight is 320 g/mol. The van der Waals surface area contributed by atoms with Gasteiger partial charge in [-0.2, -0.15) is 0 Å². The molecule has 0 aromatic heterocycles. The summed E-state index contributed by atoms with van der Waals surface area (Å²) >= 11 is 3.67. The summed E-state index contributed by atoms with van der Waals surface area (Å²) in [4.78, 5) is 10.5. The van der Waals surface area contributed by atoms with Crippen molar-refractivity contribution in [2.45, 2.75) is 17.7 Å². The smallest absolute Gasteiger partial charge is 0.258 e. The van der Waals surface area contributed by atoms with Crippen molar-refractivity contribution in [3.8, 4) is 0 Å². The van der Waals surface area contributed by atoms with E-state index in [9.17, 15) is 10.1 Å². The van der Waals surface area contributed by atoms with Crippen LogP contribution in [0.5, 0.6) is 0 Å². The molecular formula is C15H14BrNO2. The molecule has 0 N–H and O–H groups in total. The average Bonchev–Trinajstić information content (AvgIpc) is 2.46. The minimum atomic E-state index is -0.374. The topological polar surface area (TPSA) is 43.1 Å². The second-order valence-electron chi connectivity index (χ2n) is 4.34. The van der Waals surface area contributed by atoms with Gasteiger partial charge in [0.25, 0.3) is 5.69 Å². The number of nitrogens with zero attached hydrogens (tertiary/aromatic N) is 1. The summed E-state index contributed by atoms with van der Waals surface area (Å²) in [7, 11) is 0. The molecule has 4 heteroatoms. The second-order valence-corrected chi connectivity index (χ2v) is 5.45. The molecule has 0 unspecified atom stereocenters. The maximum atomic E-state index is 10.6. The van der Waals surface area contributed by atoms with E-state index in [4.69, 9.17) is 0 Å². The van der Waals surface area contributed by atoms with E-state index in [-0.39, 0.29) is 10.6 Å². The third-order valence-electron chi connectivity index (χ3n) is 2.99. The lowest BCUT2D eigenvalue weighted by molar-refractivity contribution is -0.384. The Kier molecular flexibility index (Phi) is 4.68. The van der Waals surface area contributed by atoms with E-state index in [2.05, 4.69) is 28.1 Å². The lowest BCUT2D eigenvalue weighted by Crippen LogP contribution is -1.94. The first-order valence-corrected chi connectivity index (χ1v) is 7.01. The number of hydrogen-bond acceptors (Lipinski definition) is 2. The molecule has 98 valence electrons. The van der Waals surface area contributed by atoms with Gasteiger partial charge in [0, 0.05) is 17.0 Å². The van der Waals surface area contributed by atoms with Gasteiger partial charge >= 0.3 is 0 Å². The number of benzene rings is 2. The Balaban J connectivity index is 1.93. The molecule has 0 spiro atoms. The van der Waals surface area contributed by atoms with E-state index in [1.807, 2.05) is 30.3 Å². The minimum Gasteiger partial charge on any atom is -0.258 e. The van der Waals surface area contributed by atoms with Crippen LogP contribution >= 0.6 is 15.9 Å². The highest BCUT2D eigenvalue weighted by molar-refractivity contribution is 9.09. The van der Waals surface area contributed by atoms with Crippen LogP contribution in [0.1, 0.15) is 22.4 Å². The zero-order chi connectivity index (χ0) is 13.7. The fraction of sp³-hybridized carbons (Fsp3) is 0.200. The predicted octanol–water partition coefficient (Wildman–Crippen LogP) is 4.66. The molecule has 2 rings (SSSR count). The number of halogens is 1. The van der Waals surface area contributed by atoms with Crippen molar-refractivity contribution in [1.82, 2.24) is 0 Å². The fourth-order valence-electron chi connectivity index (χ4n) is 1.91. The number of nitro groups is 1. The molecule has 2 aromatic carbocycles. The summed E-state index contributed by atoms with van der Waals surface area (Å²) in [6.07, 6.45) is 1.85. The Bertz CT molecular complexity index is 540. The quantitative estimate of drug-likeness (QED) is 0.457. The molecule has 0 saturated heterocycles. The molecule has 0 aliphatic carbocycles. The first-order valence-electron chi connectivity index (χ1n) is 6.09. The van der Waals surface area contributed by atoms with Gasteiger partial charge in [0.15, 0.2) is 0 Å². The lowest BCUT2D eigenvalue weighted by atomic mass is 10.0. The van der Waals surface area contributed by atoms with Gasteiger partial charge in [0.1, 0.15) is 0 Å². The van der Waals surface area contributed by atoms with Crippen LogP contribution in [0.3, 0.4) is 0 Å². The Hall–Kier alpha value is -1.68. The Morgan fingerprint density at radius 2 is 1.68 bits per heavy atom. The Morgan fingerprint density at radius 1 is 1.05 bits per heavy atom. The van der Waals surface area contributed by atoms with Crippen LogP contribution in [-0.4, -0.2) is 4.92 Å². The third-order valence-corrected chi connectivity index (χ3v) is 3.98. The first-order chi connectivity index (χ1) is 9.16. The largest absolute Gasteiger partial charge is 0.269 e. The molecule has 0 fully saturated rings. The van der Waals surface area contributed by atoms with Gasteiger partial charge in [-0.15, -0.1) is 0 Å². The van der Waals surface area contributed by atoms with Crippen molar-refractivity contribution in [3.05, 3.63) is 75.8 Å². The van der Waals surface area contributed by atoms with Crippen molar-refractivity contribution in [2.24, 2.45) is 0 Å². The van der Waals surface area contributed by atoms with Crippen LogP contribution in [0.25, 0.3) is 0 Å². The van der Waals surface area contributed by atoms with Crippen molar-refractivity contribution >= 4 is 21.6 Å². The van der Waals surface area contributed by atoms with Crippen LogP contribution in [0.4, 0.5) is 5.69 Å². The monoisotopic (exact) mass is 319 g/mol. The van der Waals surface area contributed by atoms with Gasteiger partial charge in [0.2, 0.25) is 0 Å². The molecule has 0 aliphatic heterocycles. The van der Waals surface area contributed by atoms with Gasteiger partial charge in [0.05, 0.1) is 4.92 Å². The summed E-state index contributed by atoms with van der Waals surface area (Å²) in [5.74, 6) is 0. The molecule has 0 heterocycles. The third kappa shape index (κ3) is 3.89. The van der Waals surface area contributed by atoms with Gasteiger partial charge in [-0.3, -0.25) is 10.1 Å². The van der Waals surface area contributed by atoms with E-state index in [0.29, 0.717) is 4.83 Å².